The SMILES string of the molecule is CCC1CCCCN1C(=O)c1cccc(C(=O)N2CCN(C)CC2)n1. The fourth-order valence-corrected chi connectivity index (χ4v) is 3.68. The number of nitrogens with zero attached hydrogens (tertiary/aromatic N) is 4. The van der Waals surface area contributed by atoms with Crippen LogP contribution in [0, 0.1) is 0 Å². The molecule has 3 heterocycles. The molecule has 2 aliphatic heterocycles. The fraction of sp³-hybridized carbons (Fsp3) is 0.632. The molecule has 0 radical (unpaired) electrons. The van der Waals surface area contributed by atoms with E-state index in [2.05, 4.69) is 23.9 Å². The molecule has 0 aliphatic carbocycles. The van der Waals surface area contributed by atoms with Crippen LogP contribution in [0.3, 0.4) is 0 Å². The molecule has 1 aromatic heterocycles. The lowest BCUT2D eigenvalue weighted by Gasteiger charge is -2.35. The second-order valence-corrected chi connectivity index (χ2v) is 7.06. The number of piperidine rings is 1. The zero-order chi connectivity index (χ0) is 17.8. The fourth-order valence-electron chi connectivity index (χ4n) is 3.68. The monoisotopic (exact) mass is 344 g/mol. The first kappa shape index (κ1) is 17.9. The van der Waals surface area contributed by atoms with Crippen LogP contribution in [0.15, 0.2) is 18.2 Å². The van der Waals surface area contributed by atoms with E-state index in [-0.39, 0.29) is 11.8 Å². The molecule has 1 aromatic rings. The zero-order valence-electron chi connectivity index (χ0n) is 15.3. The number of amides is 2. The molecule has 2 saturated heterocycles. The van der Waals surface area contributed by atoms with Crippen molar-refractivity contribution in [3.63, 3.8) is 0 Å². The summed E-state index contributed by atoms with van der Waals surface area (Å²) in [5.74, 6) is -0.118. The average Bonchev–Trinajstić information content (AvgIpc) is 2.67. The lowest BCUT2D eigenvalue weighted by molar-refractivity contribution is 0.0601. The third-order valence-corrected chi connectivity index (χ3v) is 5.34. The lowest BCUT2D eigenvalue weighted by Crippen LogP contribution is -2.47. The third kappa shape index (κ3) is 4.00. The molecule has 1 unspecified atom stereocenters. The molecule has 0 saturated carbocycles. The second-order valence-electron chi connectivity index (χ2n) is 7.06. The van der Waals surface area contributed by atoms with Gasteiger partial charge in [-0.15, -0.1) is 0 Å². The third-order valence-electron chi connectivity index (χ3n) is 5.34. The molecule has 0 spiro atoms. The van der Waals surface area contributed by atoms with E-state index in [9.17, 15) is 9.59 Å². The van der Waals surface area contributed by atoms with Gasteiger partial charge < -0.3 is 14.7 Å². The van der Waals surface area contributed by atoms with Crippen LogP contribution < -0.4 is 0 Å². The maximum Gasteiger partial charge on any atom is 0.272 e. The average molecular weight is 344 g/mol. The normalized spacial score (nSPS) is 22.1. The molecule has 2 fully saturated rings. The molecule has 25 heavy (non-hydrogen) atoms. The molecule has 3 rings (SSSR count). The van der Waals surface area contributed by atoms with Gasteiger partial charge in [-0.05, 0) is 44.9 Å². The number of pyridine rings is 1. The van der Waals surface area contributed by atoms with Gasteiger partial charge in [0.25, 0.3) is 11.8 Å². The highest BCUT2D eigenvalue weighted by Crippen LogP contribution is 2.21. The van der Waals surface area contributed by atoms with Gasteiger partial charge in [0.2, 0.25) is 0 Å². The van der Waals surface area contributed by atoms with Gasteiger partial charge in [0.05, 0.1) is 0 Å². The van der Waals surface area contributed by atoms with Crippen LogP contribution in [-0.2, 0) is 0 Å². The van der Waals surface area contributed by atoms with Crippen molar-refractivity contribution >= 4 is 11.8 Å². The van der Waals surface area contributed by atoms with Gasteiger partial charge in [0.1, 0.15) is 11.4 Å². The Balaban J connectivity index is 1.74. The highest BCUT2D eigenvalue weighted by Gasteiger charge is 2.28. The van der Waals surface area contributed by atoms with Gasteiger partial charge in [0, 0.05) is 38.8 Å². The van der Waals surface area contributed by atoms with Gasteiger partial charge in [-0.3, -0.25) is 9.59 Å². The molecule has 0 bridgehead atoms. The summed E-state index contributed by atoms with van der Waals surface area (Å²) in [6.45, 7) is 6.07. The number of aromatic nitrogens is 1. The molecule has 0 N–H and O–H groups in total. The molecule has 2 aliphatic rings. The Morgan fingerprint density at radius 3 is 2.40 bits per heavy atom. The predicted octanol–water partition coefficient (Wildman–Crippen LogP) is 1.87. The van der Waals surface area contributed by atoms with Gasteiger partial charge in [0.15, 0.2) is 0 Å². The molecule has 6 nitrogen and oxygen atoms in total. The minimum atomic E-state index is -0.0755. The Kier molecular flexibility index (Phi) is 5.68. The van der Waals surface area contributed by atoms with Gasteiger partial charge >= 0.3 is 0 Å². The van der Waals surface area contributed by atoms with Crippen molar-refractivity contribution < 1.29 is 9.59 Å². The molecule has 0 aromatic carbocycles. The molecule has 136 valence electrons. The van der Waals surface area contributed by atoms with E-state index in [1.54, 1.807) is 18.2 Å². The van der Waals surface area contributed by atoms with Gasteiger partial charge in [-0.25, -0.2) is 4.98 Å². The summed E-state index contributed by atoms with van der Waals surface area (Å²) in [7, 11) is 2.06. The summed E-state index contributed by atoms with van der Waals surface area (Å²) in [5, 5.41) is 0. The van der Waals surface area contributed by atoms with Crippen LogP contribution in [0.4, 0.5) is 0 Å². The lowest BCUT2D eigenvalue weighted by atomic mass is 9.99. The Labute approximate surface area is 149 Å². The summed E-state index contributed by atoms with van der Waals surface area (Å²) in [5.41, 5.74) is 0.765. The number of hydrogen-bond acceptors (Lipinski definition) is 4. The molecule has 2 amide bonds. The highest BCUT2D eigenvalue weighted by molar-refractivity contribution is 5.96. The number of piperazine rings is 1. The smallest absolute Gasteiger partial charge is 0.272 e. The van der Waals surface area contributed by atoms with Crippen LogP contribution in [0.2, 0.25) is 0 Å². The molecule has 1 atom stereocenters. The maximum atomic E-state index is 12.9. The largest absolute Gasteiger partial charge is 0.335 e. The number of likely N-dealkylation sites (N-methyl/N-ethyl adjacent to an activating group) is 1. The van der Waals surface area contributed by atoms with Crippen molar-refractivity contribution in [3.05, 3.63) is 29.6 Å². The second kappa shape index (κ2) is 7.95. The quantitative estimate of drug-likeness (QED) is 0.840. The van der Waals surface area contributed by atoms with Crippen LogP contribution >= 0.6 is 0 Å². The summed E-state index contributed by atoms with van der Waals surface area (Å²) in [4.78, 5) is 36.0. The summed E-state index contributed by atoms with van der Waals surface area (Å²) in [6, 6.07) is 5.50. The van der Waals surface area contributed by atoms with Crippen molar-refractivity contribution in [2.75, 3.05) is 39.8 Å². The first-order chi connectivity index (χ1) is 12.1. The Morgan fingerprint density at radius 1 is 1.04 bits per heavy atom. The zero-order valence-corrected chi connectivity index (χ0v) is 15.3. The molecule has 6 heteroatoms. The van der Waals surface area contributed by atoms with E-state index < -0.39 is 0 Å². The van der Waals surface area contributed by atoms with Crippen molar-refractivity contribution in [1.82, 2.24) is 19.7 Å². The van der Waals surface area contributed by atoms with Crippen molar-refractivity contribution in [1.29, 1.82) is 0 Å². The van der Waals surface area contributed by atoms with Gasteiger partial charge in [-0.2, -0.15) is 0 Å². The maximum absolute atomic E-state index is 12.9. The van der Waals surface area contributed by atoms with Gasteiger partial charge in [-0.1, -0.05) is 13.0 Å². The minimum Gasteiger partial charge on any atom is -0.335 e. The minimum absolute atomic E-state index is 0.0421. The van der Waals surface area contributed by atoms with E-state index in [1.165, 1.54) is 6.42 Å². The Morgan fingerprint density at radius 2 is 1.72 bits per heavy atom. The predicted molar refractivity (Wildman–Crippen MR) is 96.6 cm³/mol. The summed E-state index contributed by atoms with van der Waals surface area (Å²) < 4.78 is 0. The summed E-state index contributed by atoms with van der Waals surface area (Å²) >= 11 is 0. The Bertz CT molecular complexity index is 626. The highest BCUT2D eigenvalue weighted by atomic mass is 16.2. The van der Waals surface area contributed by atoms with E-state index in [0.717, 1.165) is 38.9 Å². The van der Waals surface area contributed by atoms with Crippen molar-refractivity contribution in [2.24, 2.45) is 0 Å². The first-order valence-electron chi connectivity index (χ1n) is 9.36. The molecular formula is C19H28N4O2. The van der Waals surface area contributed by atoms with Crippen LogP contribution in [-0.4, -0.2) is 77.3 Å². The van der Waals surface area contributed by atoms with Crippen molar-refractivity contribution in [3.8, 4) is 0 Å². The summed E-state index contributed by atoms with van der Waals surface area (Å²) in [6.07, 6.45) is 4.24. The van der Waals surface area contributed by atoms with E-state index in [4.69, 9.17) is 0 Å². The number of carbonyl (C=O) groups is 2. The number of rotatable bonds is 3. The van der Waals surface area contributed by atoms with E-state index >= 15 is 0 Å². The number of hydrogen-bond donors (Lipinski definition) is 0. The standard InChI is InChI=1S/C19H28N4O2/c1-3-15-7-4-5-10-23(15)19(25)17-9-6-8-16(20-17)18(24)22-13-11-21(2)12-14-22/h6,8-9,15H,3-5,7,10-14H2,1-2H3. The first-order valence-corrected chi connectivity index (χ1v) is 9.36. The number of likely N-dealkylation sites (tertiary alicyclic amines) is 1. The van der Waals surface area contributed by atoms with Crippen LogP contribution in [0.5, 0.6) is 0 Å². The Hall–Kier alpha value is -1.95. The van der Waals surface area contributed by atoms with Crippen LogP contribution in [0.1, 0.15) is 53.6 Å². The van der Waals surface area contributed by atoms with E-state index in [0.29, 0.717) is 30.5 Å². The topological polar surface area (TPSA) is 56.8 Å². The molecular weight excluding hydrogens is 316 g/mol. The van der Waals surface area contributed by atoms with Crippen molar-refractivity contribution in [2.45, 2.75) is 38.6 Å². The van der Waals surface area contributed by atoms with E-state index in [1.807, 2.05) is 9.80 Å². The van der Waals surface area contributed by atoms with Crippen LogP contribution in [0.25, 0.3) is 0 Å². The number of carbonyl (C=O) groups excluding carboxylic acids is 2.